The summed E-state index contributed by atoms with van der Waals surface area (Å²) in [6.07, 6.45) is 0. The molecule has 108 valence electrons. The minimum absolute atomic E-state index is 0.454. The van der Waals surface area contributed by atoms with Crippen LogP contribution in [0.4, 0.5) is 0 Å². The normalized spacial score (nSPS) is 18.4. The Balaban J connectivity index is 1.53. The highest BCUT2D eigenvalue weighted by Gasteiger charge is 2.13. The van der Waals surface area contributed by atoms with Crippen molar-refractivity contribution in [3.63, 3.8) is 0 Å². The number of para-hydroxylation sites is 1. The van der Waals surface area contributed by atoms with Gasteiger partial charge in [-0.2, -0.15) is 5.10 Å². The minimum Gasteiger partial charge on any atom is -0.379 e. The fourth-order valence-electron chi connectivity index (χ4n) is 2.66. The molecule has 20 heavy (non-hydrogen) atoms. The van der Waals surface area contributed by atoms with Crippen LogP contribution in [0.3, 0.4) is 0 Å². The molecule has 1 aromatic heterocycles. The van der Waals surface area contributed by atoms with Gasteiger partial charge in [0, 0.05) is 37.6 Å². The van der Waals surface area contributed by atoms with Gasteiger partial charge in [0.25, 0.3) is 0 Å². The number of hydrogen-bond acceptors (Lipinski definition) is 4. The standard InChI is InChI=1S/C15H22N4O/c1-12(11-19-6-8-20-9-7-19)16-10-15-13-4-2-3-5-14(13)17-18-15/h2-5,12,16H,6-11H2,1H3,(H,17,18). The molecule has 2 N–H and O–H groups in total. The van der Waals surface area contributed by atoms with E-state index in [9.17, 15) is 0 Å². The SMILES string of the molecule is CC(CN1CCOCC1)NCc1[nH]nc2ccccc12. The van der Waals surface area contributed by atoms with Crippen LogP contribution in [0.1, 0.15) is 12.6 Å². The summed E-state index contributed by atoms with van der Waals surface area (Å²) in [6.45, 7) is 7.92. The van der Waals surface area contributed by atoms with Crippen LogP contribution >= 0.6 is 0 Å². The second-order valence-corrected chi connectivity index (χ2v) is 5.41. The van der Waals surface area contributed by atoms with Gasteiger partial charge in [-0.15, -0.1) is 0 Å². The summed E-state index contributed by atoms with van der Waals surface area (Å²) in [5.74, 6) is 0. The van der Waals surface area contributed by atoms with E-state index in [2.05, 4.69) is 39.5 Å². The minimum atomic E-state index is 0.454. The van der Waals surface area contributed by atoms with E-state index in [4.69, 9.17) is 4.74 Å². The van der Waals surface area contributed by atoms with Crippen molar-refractivity contribution in [2.24, 2.45) is 0 Å². The molecule has 3 rings (SSSR count). The quantitative estimate of drug-likeness (QED) is 0.865. The zero-order chi connectivity index (χ0) is 13.8. The zero-order valence-electron chi connectivity index (χ0n) is 11.9. The Morgan fingerprint density at radius 3 is 3.00 bits per heavy atom. The number of ether oxygens (including phenoxy) is 1. The van der Waals surface area contributed by atoms with Crippen molar-refractivity contribution in [2.75, 3.05) is 32.8 Å². The van der Waals surface area contributed by atoms with Crippen molar-refractivity contribution in [1.29, 1.82) is 0 Å². The predicted octanol–water partition coefficient (Wildman–Crippen LogP) is 1.37. The highest BCUT2D eigenvalue weighted by Crippen LogP contribution is 2.14. The first-order valence-electron chi connectivity index (χ1n) is 7.28. The summed E-state index contributed by atoms with van der Waals surface area (Å²) in [4.78, 5) is 2.45. The fourth-order valence-corrected chi connectivity index (χ4v) is 2.66. The van der Waals surface area contributed by atoms with E-state index in [1.807, 2.05) is 12.1 Å². The Hall–Kier alpha value is -1.43. The smallest absolute Gasteiger partial charge is 0.0924 e. The second-order valence-electron chi connectivity index (χ2n) is 5.41. The first-order chi connectivity index (χ1) is 9.83. The van der Waals surface area contributed by atoms with Gasteiger partial charge >= 0.3 is 0 Å². The van der Waals surface area contributed by atoms with Crippen LogP contribution in [0.2, 0.25) is 0 Å². The molecule has 5 nitrogen and oxygen atoms in total. The Kier molecular flexibility index (Phi) is 4.30. The van der Waals surface area contributed by atoms with Crippen LogP contribution in [0.5, 0.6) is 0 Å². The Morgan fingerprint density at radius 2 is 2.15 bits per heavy atom. The molecule has 5 heteroatoms. The molecule has 2 heterocycles. The van der Waals surface area contributed by atoms with E-state index in [0.29, 0.717) is 6.04 Å². The Labute approximate surface area is 119 Å². The molecule has 1 atom stereocenters. The number of rotatable bonds is 5. The zero-order valence-corrected chi connectivity index (χ0v) is 11.9. The van der Waals surface area contributed by atoms with Gasteiger partial charge in [0.2, 0.25) is 0 Å². The van der Waals surface area contributed by atoms with E-state index >= 15 is 0 Å². The summed E-state index contributed by atoms with van der Waals surface area (Å²) in [6, 6.07) is 8.67. The summed E-state index contributed by atoms with van der Waals surface area (Å²) < 4.78 is 5.37. The number of nitrogens with zero attached hydrogens (tertiary/aromatic N) is 2. The van der Waals surface area contributed by atoms with E-state index in [0.717, 1.165) is 50.6 Å². The third-order valence-corrected chi connectivity index (χ3v) is 3.80. The lowest BCUT2D eigenvalue weighted by Crippen LogP contribution is -2.44. The monoisotopic (exact) mass is 274 g/mol. The number of fused-ring (bicyclic) bond motifs is 1. The van der Waals surface area contributed by atoms with E-state index in [1.54, 1.807) is 0 Å². The van der Waals surface area contributed by atoms with Crippen LogP contribution in [-0.2, 0) is 11.3 Å². The molecule has 1 aliphatic heterocycles. The molecule has 0 radical (unpaired) electrons. The molecule has 0 spiro atoms. The number of nitrogens with one attached hydrogen (secondary N) is 2. The summed E-state index contributed by atoms with van der Waals surface area (Å²) >= 11 is 0. The first-order valence-corrected chi connectivity index (χ1v) is 7.28. The maximum Gasteiger partial charge on any atom is 0.0924 e. The third kappa shape index (κ3) is 3.17. The molecule has 1 saturated heterocycles. The largest absolute Gasteiger partial charge is 0.379 e. The number of H-pyrrole nitrogens is 1. The van der Waals surface area contributed by atoms with Gasteiger partial charge in [0.05, 0.1) is 24.4 Å². The van der Waals surface area contributed by atoms with Crippen molar-refractivity contribution in [1.82, 2.24) is 20.4 Å². The highest BCUT2D eigenvalue weighted by molar-refractivity contribution is 5.81. The summed E-state index contributed by atoms with van der Waals surface area (Å²) in [5.41, 5.74) is 2.19. The van der Waals surface area contributed by atoms with Gasteiger partial charge in [-0.1, -0.05) is 18.2 Å². The van der Waals surface area contributed by atoms with E-state index in [1.165, 1.54) is 5.39 Å². The number of benzene rings is 1. The maximum absolute atomic E-state index is 5.37. The number of aromatic amines is 1. The molecule has 1 unspecified atom stereocenters. The van der Waals surface area contributed by atoms with Crippen LogP contribution in [-0.4, -0.2) is 54.0 Å². The van der Waals surface area contributed by atoms with Gasteiger partial charge in [0.15, 0.2) is 0 Å². The molecule has 2 aromatic rings. The average molecular weight is 274 g/mol. The van der Waals surface area contributed by atoms with Gasteiger partial charge in [-0.25, -0.2) is 0 Å². The number of hydrogen-bond donors (Lipinski definition) is 2. The molecule has 0 aliphatic carbocycles. The molecular weight excluding hydrogens is 252 g/mol. The summed E-state index contributed by atoms with van der Waals surface area (Å²) in [5, 5.41) is 12.2. The van der Waals surface area contributed by atoms with Gasteiger partial charge in [-0.3, -0.25) is 10.00 Å². The lowest BCUT2D eigenvalue weighted by atomic mass is 10.2. The van der Waals surface area contributed by atoms with E-state index in [-0.39, 0.29) is 0 Å². The summed E-state index contributed by atoms with van der Waals surface area (Å²) in [7, 11) is 0. The first kappa shape index (κ1) is 13.5. The fraction of sp³-hybridized carbons (Fsp3) is 0.533. The van der Waals surface area contributed by atoms with Crippen molar-refractivity contribution >= 4 is 10.9 Å². The second kappa shape index (κ2) is 6.35. The van der Waals surface area contributed by atoms with Crippen LogP contribution in [0.15, 0.2) is 24.3 Å². The van der Waals surface area contributed by atoms with Crippen LogP contribution in [0, 0.1) is 0 Å². The van der Waals surface area contributed by atoms with Crippen LogP contribution in [0.25, 0.3) is 10.9 Å². The molecule has 0 amide bonds. The average Bonchev–Trinajstić information content (AvgIpc) is 2.89. The molecule has 0 saturated carbocycles. The van der Waals surface area contributed by atoms with Crippen molar-refractivity contribution in [2.45, 2.75) is 19.5 Å². The van der Waals surface area contributed by atoms with Crippen molar-refractivity contribution in [3.8, 4) is 0 Å². The highest BCUT2D eigenvalue weighted by atomic mass is 16.5. The van der Waals surface area contributed by atoms with Crippen molar-refractivity contribution in [3.05, 3.63) is 30.0 Å². The van der Waals surface area contributed by atoms with Gasteiger partial charge in [0.1, 0.15) is 0 Å². The van der Waals surface area contributed by atoms with Crippen molar-refractivity contribution < 1.29 is 4.74 Å². The Morgan fingerprint density at radius 1 is 1.35 bits per heavy atom. The molecule has 1 aliphatic rings. The lowest BCUT2D eigenvalue weighted by molar-refractivity contribution is 0.0343. The predicted molar refractivity (Wildman–Crippen MR) is 79.7 cm³/mol. The lowest BCUT2D eigenvalue weighted by Gasteiger charge is -2.29. The Bertz CT molecular complexity index is 548. The molecular formula is C15H22N4O. The van der Waals surface area contributed by atoms with Gasteiger partial charge < -0.3 is 10.1 Å². The third-order valence-electron chi connectivity index (χ3n) is 3.80. The molecule has 0 bridgehead atoms. The van der Waals surface area contributed by atoms with E-state index < -0.39 is 0 Å². The topological polar surface area (TPSA) is 53.2 Å². The maximum atomic E-state index is 5.37. The number of morpholine rings is 1. The number of aromatic nitrogens is 2. The van der Waals surface area contributed by atoms with Gasteiger partial charge in [-0.05, 0) is 13.0 Å². The van der Waals surface area contributed by atoms with Crippen LogP contribution < -0.4 is 5.32 Å². The molecule has 1 aromatic carbocycles. The molecule has 1 fully saturated rings.